The molecular formula is C13H18N2O5. The SMILES string of the molecule is COc1ccc([N+](=O)[O-])c(N(CC(=O)O)C(C)(C)C)c1. The number of hydrogen-bond donors (Lipinski definition) is 1. The van der Waals surface area contributed by atoms with Crippen LogP contribution in [-0.2, 0) is 4.79 Å². The summed E-state index contributed by atoms with van der Waals surface area (Å²) in [4.78, 5) is 23.1. The Bertz CT molecular complexity index is 522. The zero-order chi connectivity index (χ0) is 15.5. The summed E-state index contributed by atoms with van der Waals surface area (Å²) in [6.45, 7) is 5.04. The van der Waals surface area contributed by atoms with Gasteiger partial charge in [-0.25, -0.2) is 0 Å². The molecule has 7 nitrogen and oxygen atoms in total. The molecule has 1 aromatic carbocycles. The molecule has 0 aliphatic rings. The summed E-state index contributed by atoms with van der Waals surface area (Å²) in [6.07, 6.45) is 0. The Morgan fingerprint density at radius 1 is 1.45 bits per heavy atom. The van der Waals surface area contributed by atoms with Crippen LogP contribution in [0.2, 0.25) is 0 Å². The topological polar surface area (TPSA) is 92.9 Å². The fourth-order valence-corrected chi connectivity index (χ4v) is 1.82. The zero-order valence-corrected chi connectivity index (χ0v) is 11.9. The number of rotatable bonds is 5. The predicted octanol–water partition coefficient (Wildman–Crippen LogP) is 2.29. The Kier molecular flexibility index (Phi) is 4.54. The number of hydrogen-bond acceptors (Lipinski definition) is 5. The average molecular weight is 282 g/mol. The minimum atomic E-state index is -1.06. The first-order valence-electron chi connectivity index (χ1n) is 5.98. The van der Waals surface area contributed by atoms with Crippen LogP contribution in [0.1, 0.15) is 20.8 Å². The van der Waals surface area contributed by atoms with Crippen LogP contribution < -0.4 is 9.64 Å². The summed E-state index contributed by atoms with van der Waals surface area (Å²) in [7, 11) is 1.45. The summed E-state index contributed by atoms with van der Waals surface area (Å²) >= 11 is 0. The Balaban J connectivity index is 3.43. The van der Waals surface area contributed by atoms with Gasteiger partial charge in [0.1, 0.15) is 18.0 Å². The molecular weight excluding hydrogens is 264 g/mol. The number of nitrogens with zero attached hydrogens (tertiary/aromatic N) is 2. The molecule has 0 fully saturated rings. The van der Waals surface area contributed by atoms with Gasteiger partial charge < -0.3 is 14.7 Å². The number of carboxylic acid groups (broad SMARTS) is 1. The van der Waals surface area contributed by atoms with Gasteiger partial charge in [0, 0.05) is 17.7 Å². The molecule has 0 bridgehead atoms. The molecule has 1 aromatic rings. The number of carbonyl (C=O) groups is 1. The van der Waals surface area contributed by atoms with Crippen molar-refractivity contribution in [1.82, 2.24) is 0 Å². The van der Waals surface area contributed by atoms with Crippen molar-refractivity contribution in [1.29, 1.82) is 0 Å². The highest BCUT2D eigenvalue weighted by atomic mass is 16.6. The van der Waals surface area contributed by atoms with Gasteiger partial charge in [-0.1, -0.05) is 0 Å². The fourth-order valence-electron chi connectivity index (χ4n) is 1.82. The van der Waals surface area contributed by atoms with Crippen molar-refractivity contribution in [3.8, 4) is 5.75 Å². The second-order valence-corrected chi connectivity index (χ2v) is 5.26. The number of anilines is 1. The summed E-state index contributed by atoms with van der Waals surface area (Å²) in [5.74, 6) is -0.623. The fraction of sp³-hybridized carbons (Fsp3) is 0.462. The molecule has 0 atom stereocenters. The molecule has 0 aromatic heterocycles. The van der Waals surface area contributed by atoms with E-state index in [1.54, 1.807) is 20.8 Å². The monoisotopic (exact) mass is 282 g/mol. The number of nitro benzene ring substituents is 1. The highest BCUT2D eigenvalue weighted by molar-refractivity contribution is 5.77. The number of carboxylic acids is 1. The minimum absolute atomic E-state index is 0.151. The molecule has 0 radical (unpaired) electrons. The highest BCUT2D eigenvalue weighted by Crippen LogP contribution is 2.35. The van der Waals surface area contributed by atoms with E-state index in [1.807, 2.05) is 0 Å². The van der Waals surface area contributed by atoms with Gasteiger partial charge in [-0.3, -0.25) is 14.9 Å². The van der Waals surface area contributed by atoms with Gasteiger partial charge in [-0.15, -0.1) is 0 Å². The Hall–Kier alpha value is -2.31. The van der Waals surface area contributed by atoms with Crippen LogP contribution in [0.3, 0.4) is 0 Å². The maximum absolute atomic E-state index is 11.1. The standard InChI is InChI=1S/C13H18N2O5/c1-13(2,3)14(8-12(16)17)11-7-9(20-4)5-6-10(11)15(18)19/h5-7H,8H2,1-4H3,(H,16,17). The third kappa shape index (κ3) is 3.59. The van der Waals surface area contributed by atoms with E-state index in [1.165, 1.54) is 30.2 Å². The van der Waals surface area contributed by atoms with E-state index < -0.39 is 16.4 Å². The number of aliphatic carboxylic acids is 1. The van der Waals surface area contributed by atoms with Crippen LogP contribution in [0.4, 0.5) is 11.4 Å². The third-order valence-electron chi connectivity index (χ3n) is 2.77. The summed E-state index contributed by atoms with van der Waals surface area (Å²) in [5.41, 5.74) is -0.513. The molecule has 1 N–H and O–H groups in total. The largest absolute Gasteiger partial charge is 0.497 e. The van der Waals surface area contributed by atoms with Crippen molar-refractivity contribution in [2.24, 2.45) is 0 Å². The van der Waals surface area contributed by atoms with Gasteiger partial charge in [-0.2, -0.15) is 0 Å². The molecule has 1 rings (SSSR count). The second kappa shape index (κ2) is 5.77. The van der Waals surface area contributed by atoms with Crippen LogP contribution in [0, 0.1) is 10.1 Å². The maximum Gasteiger partial charge on any atom is 0.323 e. The van der Waals surface area contributed by atoms with Crippen LogP contribution in [0.25, 0.3) is 0 Å². The van der Waals surface area contributed by atoms with E-state index in [9.17, 15) is 14.9 Å². The van der Waals surface area contributed by atoms with E-state index in [0.29, 0.717) is 5.75 Å². The smallest absolute Gasteiger partial charge is 0.323 e. The quantitative estimate of drug-likeness (QED) is 0.658. The van der Waals surface area contributed by atoms with Crippen molar-refractivity contribution >= 4 is 17.3 Å². The zero-order valence-electron chi connectivity index (χ0n) is 11.9. The first kappa shape index (κ1) is 15.7. The third-order valence-corrected chi connectivity index (χ3v) is 2.77. The Morgan fingerprint density at radius 3 is 2.45 bits per heavy atom. The van der Waals surface area contributed by atoms with Crippen molar-refractivity contribution in [2.45, 2.75) is 26.3 Å². The molecule has 110 valence electrons. The highest BCUT2D eigenvalue weighted by Gasteiger charge is 2.30. The van der Waals surface area contributed by atoms with Crippen molar-refractivity contribution in [2.75, 3.05) is 18.6 Å². The van der Waals surface area contributed by atoms with E-state index in [0.717, 1.165) is 0 Å². The molecule has 0 spiro atoms. The van der Waals surface area contributed by atoms with Crippen molar-refractivity contribution in [3.05, 3.63) is 28.3 Å². The normalized spacial score (nSPS) is 11.0. The molecule has 0 saturated carbocycles. The number of benzene rings is 1. The summed E-state index contributed by atoms with van der Waals surface area (Å²) in [6, 6.07) is 4.27. The minimum Gasteiger partial charge on any atom is -0.497 e. The van der Waals surface area contributed by atoms with Crippen LogP contribution in [-0.4, -0.2) is 35.2 Å². The number of nitro groups is 1. The van der Waals surface area contributed by atoms with E-state index in [-0.39, 0.29) is 17.9 Å². The lowest BCUT2D eigenvalue weighted by molar-refractivity contribution is -0.384. The average Bonchev–Trinajstić information content (AvgIpc) is 2.33. The van der Waals surface area contributed by atoms with Gasteiger partial charge in [0.25, 0.3) is 5.69 Å². The first-order valence-corrected chi connectivity index (χ1v) is 5.98. The maximum atomic E-state index is 11.1. The molecule has 0 amide bonds. The Morgan fingerprint density at radius 2 is 2.05 bits per heavy atom. The molecule has 0 unspecified atom stereocenters. The van der Waals surface area contributed by atoms with Gasteiger partial charge in [-0.05, 0) is 26.8 Å². The Labute approximate surface area is 116 Å². The predicted molar refractivity (Wildman–Crippen MR) is 74.4 cm³/mol. The van der Waals surface area contributed by atoms with Crippen LogP contribution in [0.5, 0.6) is 5.75 Å². The molecule has 0 heterocycles. The molecule has 0 aliphatic heterocycles. The lowest BCUT2D eigenvalue weighted by atomic mass is 10.0. The molecule has 20 heavy (non-hydrogen) atoms. The number of ether oxygens (including phenoxy) is 1. The van der Waals surface area contributed by atoms with Gasteiger partial charge >= 0.3 is 5.97 Å². The van der Waals surface area contributed by atoms with Gasteiger partial charge in [0.15, 0.2) is 0 Å². The summed E-state index contributed by atoms with van der Waals surface area (Å²) < 4.78 is 5.06. The van der Waals surface area contributed by atoms with Crippen molar-refractivity contribution < 1.29 is 19.6 Å². The lowest BCUT2D eigenvalue weighted by Gasteiger charge is -2.36. The lowest BCUT2D eigenvalue weighted by Crippen LogP contribution is -2.45. The van der Waals surface area contributed by atoms with Crippen LogP contribution in [0.15, 0.2) is 18.2 Å². The van der Waals surface area contributed by atoms with Crippen LogP contribution >= 0.6 is 0 Å². The molecule has 0 aliphatic carbocycles. The number of methoxy groups -OCH3 is 1. The van der Waals surface area contributed by atoms with Gasteiger partial charge in [0.2, 0.25) is 0 Å². The van der Waals surface area contributed by atoms with Crippen molar-refractivity contribution in [3.63, 3.8) is 0 Å². The summed E-state index contributed by atoms with van der Waals surface area (Å²) in [5, 5.41) is 20.2. The molecule has 0 saturated heterocycles. The van der Waals surface area contributed by atoms with E-state index in [4.69, 9.17) is 9.84 Å². The second-order valence-electron chi connectivity index (χ2n) is 5.26. The van der Waals surface area contributed by atoms with E-state index >= 15 is 0 Å². The molecule has 7 heteroatoms. The first-order chi connectivity index (χ1) is 9.16. The van der Waals surface area contributed by atoms with E-state index in [2.05, 4.69) is 0 Å². The van der Waals surface area contributed by atoms with Gasteiger partial charge in [0.05, 0.1) is 12.0 Å².